The zero-order chi connectivity index (χ0) is 14.3. The van der Waals surface area contributed by atoms with Crippen molar-refractivity contribution in [2.75, 3.05) is 24.5 Å². The van der Waals surface area contributed by atoms with Gasteiger partial charge in [-0.25, -0.2) is 0 Å². The summed E-state index contributed by atoms with van der Waals surface area (Å²) in [6.45, 7) is 4.28. The Bertz CT molecular complexity index is 533. The van der Waals surface area contributed by atoms with E-state index in [-0.39, 0.29) is 0 Å². The Balaban J connectivity index is 1.87. The summed E-state index contributed by atoms with van der Waals surface area (Å²) in [6.07, 6.45) is 1.15. The third-order valence-corrected chi connectivity index (χ3v) is 4.77. The highest BCUT2D eigenvalue weighted by molar-refractivity contribution is 9.10. The molecule has 1 aromatic rings. The van der Waals surface area contributed by atoms with Gasteiger partial charge in [0.05, 0.1) is 6.10 Å². The molecular weight excluding hydrogens is 320 g/mol. The molecule has 5 heteroatoms. The summed E-state index contributed by atoms with van der Waals surface area (Å²) in [5.41, 5.74) is 2.03. The summed E-state index contributed by atoms with van der Waals surface area (Å²) in [4.78, 5) is 16.0. The second-order valence-corrected chi connectivity index (χ2v) is 6.52. The molecule has 2 atom stereocenters. The normalized spacial score (nSPS) is 23.9. The monoisotopic (exact) mass is 338 g/mol. The minimum absolute atomic E-state index is 0.291. The number of aliphatic hydroxyl groups is 1. The first-order valence-corrected chi connectivity index (χ1v) is 7.87. The second kappa shape index (κ2) is 5.37. The Morgan fingerprint density at radius 1 is 1.40 bits per heavy atom. The summed E-state index contributed by atoms with van der Waals surface area (Å²) in [5, 5.41) is 9.95. The van der Waals surface area contributed by atoms with E-state index in [4.69, 9.17) is 0 Å². The molecule has 2 fully saturated rings. The van der Waals surface area contributed by atoms with E-state index in [9.17, 15) is 9.90 Å². The molecule has 2 heterocycles. The number of hydrogen-bond donors (Lipinski definition) is 1. The van der Waals surface area contributed by atoms with E-state index in [1.54, 1.807) is 6.92 Å². The van der Waals surface area contributed by atoms with Crippen LogP contribution in [0.1, 0.15) is 31.4 Å². The Labute approximate surface area is 127 Å². The number of rotatable bonds is 2. The standard InChI is InChI=1S/C15H19BrN2O2/c1-10(19)13-4-2-11(16)8-14(13)17-6-7-18-12(9-17)3-5-15(18)20/h2,4,8,10,12,19H,3,5-7,9H2,1H3. The van der Waals surface area contributed by atoms with Gasteiger partial charge in [-0.3, -0.25) is 4.79 Å². The van der Waals surface area contributed by atoms with E-state index in [0.29, 0.717) is 18.4 Å². The van der Waals surface area contributed by atoms with Crippen LogP contribution in [0.15, 0.2) is 22.7 Å². The first-order valence-electron chi connectivity index (χ1n) is 7.08. The van der Waals surface area contributed by atoms with Gasteiger partial charge < -0.3 is 14.9 Å². The minimum atomic E-state index is -0.485. The molecule has 2 saturated heterocycles. The molecule has 20 heavy (non-hydrogen) atoms. The molecule has 1 amide bonds. The van der Waals surface area contributed by atoms with Crippen molar-refractivity contribution in [1.29, 1.82) is 0 Å². The van der Waals surface area contributed by atoms with Crippen LogP contribution in [-0.2, 0) is 4.79 Å². The van der Waals surface area contributed by atoms with Gasteiger partial charge in [0.25, 0.3) is 0 Å². The van der Waals surface area contributed by atoms with E-state index in [2.05, 4.69) is 26.9 Å². The van der Waals surface area contributed by atoms with Gasteiger partial charge in [-0.1, -0.05) is 22.0 Å². The molecule has 108 valence electrons. The predicted molar refractivity (Wildman–Crippen MR) is 81.7 cm³/mol. The van der Waals surface area contributed by atoms with E-state index in [1.807, 2.05) is 17.0 Å². The summed E-state index contributed by atoms with van der Waals surface area (Å²) in [6, 6.07) is 6.32. The predicted octanol–water partition coefficient (Wildman–Crippen LogP) is 2.31. The van der Waals surface area contributed by atoms with E-state index < -0.39 is 6.10 Å². The van der Waals surface area contributed by atoms with Crippen LogP contribution in [0, 0.1) is 0 Å². The zero-order valence-corrected chi connectivity index (χ0v) is 13.1. The lowest BCUT2D eigenvalue weighted by Crippen LogP contribution is -2.51. The van der Waals surface area contributed by atoms with Crippen LogP contribution in [0.2, 0.25) is 0 Å². The number of fused-ring (bicyclic) bond motifs is 1. The van der Waals surface area contributed by atoms with Crippen molar-refractivity contribution < 1.29 is 9.90 Å². The van der Waals surface area contributed by atoms with Gasteiger partial charge in [0.1, 0.15) is 0 Å². The Kier molecular flexibility index (Phi) is 3.73. The van der Waals surface area contributed by atoms with Gasteiger partial charge in [-0.15, -0.1) is 0 Å². The van der Waals surface area contributed by atoms with Gasteiger partial charge in [-0.2, -0.15) is 0 Å². The van der Waals surface area contributed by atoms with Crippen molar-refractivity contribution in [2.45, 2.75) is 31.9 Å². The number of nitrogens with zero attached hydrogens (tertiary/aromatic N) is 2. The number of hydrogen-bond acceptors (Lipinski definition) is 3. The Morgan fingerprint density at radius 3 is 2.95 bits per heavy atom. The number of aliphatic hydroxyl groups excluding tert-OH is 1. The number of amides is 1. The SMILES string of the molecule is CC(O)c1ccc(Br)cc1N1CCN2C(=O)CCC2C1. The van der Waals surface area contributed by atoms with Gasteiger partial charge in [-0.05, 0) is 25.5 Å². The molecule has 1 N–H and O–H groups in total. The first kappa shape index (κ1) is 13.9. The largest absolute Gasteiger partial charge is 0.389 e. The van der Waals surface area contributed by atoms with Crippen LogP contribution < -0.4 is 4.90 Å². The summed E-state index contributed by atoms with van der Waals surface area (Å²) in [7, 11) is 0. The lowest BCUT2D eigenvalue weighted by molar-refractivity contribution is -0.129. The molecule has 0 aliphatic carbocycles. The maximum atomic E-state index is 11.7. The van der Waals surface area contributed by atoms with E-state index in [1.165, 1.54) is 0 Å². The van der Waals surface area contributed by atoms with Crippen molar-refractivity contribution >= 4 is 27.5 Å². The van der Waals surface area contributed by atoms with Crippen molar-refractivity contribution in [1.82, 2.24) is 4.90 Å². The molecule has 0 radical (unpaired) electrons. The smallest absolute Gasteiger partial charge is 0.223 e. The number of benzene rings is 1. The minimum Gasteiger partial charge on any atom is -0.389 e. The highest BCUT2D eigenvalue weighted by Crippen LogP contribution is 2.33. The summed E-state index contributed by atoms with van der Waals surface area (Å²) < 4.78 is 1.02. The third-order valence-electron chi connectivity index (χ3n) is 4.28. The van der Waals surface area contributed by atoms with Crippen LogP contribution in [0.25, 0.3) is 0 Å². The van der Waals surface area contributed by atoms with Crippen LogP contribution in [0.4, 0.5) is 5.69 Å². The van der Waals surface area contributed by atoms with Crippen LogP contribution in [0.3, 0.4) is 0 Å². The highest BCUT2D eigenvalue weighted by Gasteiger charge is 2.36. The first-order chi connectivity index (χ1) is 9.56. The molecule has 0 saturated carbocycles. The molecule has 2 aliphatic heterocycles. The lowest BCUT2D eigenvalue weighted by atomic mass is 10.0. The van der Waals surface area contributed by atoms with Gasteiger partial charge >= 0.3 is 0 Å². The van der Waals surface area contributed by atoms with Crippen LogP contribution in [-0.4, -0.2) is 41.6 Å². The molecule has 2 unspecified atom stereocenters. The quantitative estimate of drug-likeness (QED) is 0.899. The maximum absolute atomic E-state index is 11.7. The molecule has 1 aromatic carbocycles. The average molecular weight is 339 g/mol. The van der Waals surface area contributed by atoms with Gasteiger partial charge in [0.15, 0.2) is 0 Å². The van der Waals surface area contributed by atoms with Gasteiger partial charge in [0, 0.05) is 47.8 Å². The maximum Gasteiger partial charge on any atom is 0.223 e. The van der Waals surface area contributed by atoms with E-state index in [0.717, 1.165) is 41.8 Å². The number of halogens is 1. The number of carbonyl (C=O) groups is 1. The van der Waals surface area contributed by atoms with Crippen molar-refractivity contribution in [3.8, 4) is 0 Å². The van der Waals surface area contributed by atoms with Gasteiger partial charge in [0.2, 0.25) is 5.91 Å². The molecule has 0 aromatic heterocycles. The fourth-order valence-electron chi connectivity index (χ4n) is 3.23. The van der Waals surface area contributed by atoms with Crippen LogP contribution >= 0.6 is 15.9 Å². The average Bonchev–Trinajstić information content (AvgIpc) is 2.79. The molecule has 0 bridgehead atoms. The van der Waals surface area contributed by atoms with Crippen LogP contribution in [0.5, 0.6) is 0 Å². The Hall–Kier alpha value is -1.07. The highest BCUT2D eigenvalue weighted by atomic mass is 79.9. The molecule has 2 aliphatic rings. The molecule has 0 spiro atoms. The summed E-state index contributed by atoms with van der Waals surface area (Å²) >= 11 is 3.51. The second-order valence-electron chi connectivity index (χ2n) is 5.60. The molecule has 3 rings (SSSR count). The summed E-state index contributed by atoms with van der Waals surface area (Å²) in [5.74, 6) is 0.291. The zero-order valence-electron chi connectivity index (χ0n) is 11.6. The number of carbonyl (C=O) groups excluding carboxylic acids is 1. The topological polar surface area (TPSA) is 43.8 Å². The molecular formula is C15H19BrN2O2. The lowest BCUT2D eigenvalue weighted by Gasteiger charge is -2.40. The number of piperazine rings is 1. The third kappa shape index (κ3) is 2.44. The van der Waals surface area contributed by atoms with Crippen molar-refractivity contribution in [2.24, 2.45) is 0 Å². The number of anilines is 1. The van der Waals surface area contributed by atoms with E-state index >= 15 is 0 Å². The fourth-order valence-corrected chi connectivity index (χ4v) is 3.58. The fraction of sp³-hybridized carbons (Fsp3) is 0.533. The Morgan fingerprint density at radius 2 is 2.20 bits per heavy atom. The van der Waals surface area contributed by atoms with Crippen molar-refractivity contribution in [3.63, 3.8) is 0 Å². The van der Waals surface area contributed by atoms with Crippen molar-refractivity contribution in [3.05, 3.63) is 28.2 Å². The molecule has 4 nitrogen and oxygen atoms in total.